The van der Waals surface area contributed by atoms with Crippen LogP contribution in [0.1, 0.15) is 26.3 Å². The number of pyridine rings is 1. The van der Waals surface area contributed by atoms with Crippen LogP contribution in [0.3, 0.4) is 0 Å². The van der Waals surface area contributed by atoms with Gasteiger partial charge in [0, 0.05) is 23.9 Å². The molecule has 0 bridgehead atoms. The number of ether oxygens (including phenoxy) is 1. The number of anilines is 1. The molecule has 0 atom stereocenters. The second-order valence-electron chi connectivity index (χ2n) is 9.62. The number of nitrogens with zero attached hydrogens (tertiary/aromatic N) is 4. The van der Waals surface area contributed by atoms with E-state index in [0.29, 0.717) is 27.9 Å². The molecule has 6 rings (SSSR count). The highest BCUT2D eigenvalue weighted by atomic mass is 19.4. The van der Waals surface area contributed by atoms with Crippen LogP contribution in [0.2, 0.25) is 0 Å². The molecule has 216 valence electrons. The van der Waals surface area contributed by atoms with E-state index in [0.717, 1.165) is 12.1 Å². The van der Waals surface area contributed by atoms with Crippen LogP contribution < -0.4 is 10.9 Å². The average Bonchev–Trinajstić information content (AvgIpc) is 3.55. The number of fused-ring (bicyclic) bond motifs is 3. The Hall–Kier alpha value is -5.72. The Morgan fingerprint density at radius 2 is 1.72 bits per heavy atom. The van der Waals surface area contributed by atoms with Crippen molar-refractivity contribution in [2.45, 2.75) is 6.18 Å². The first kappa shape index (κ1) is 27.4. The van der Waals surface area contributed by atoms with Gasteiger partial charge in [-0.15, -0.1) is 0 Å². The summed E-state index contributed by atoms with van der Waals surface area (Å²) in [6.07, 6.45) is -3.06. The van der Waals surface area contributed by atoms with Crippen LogP contribution in [-0.4, -0.2) is 43.5 Å². The summed E-state index contributed by atoms with van der Waals surface area (Å²) in [5.41, 5.74) is 0.810. The third kappa shape index (κ3) is 4.90. The summed E-state index contributed by atoms with van der Waals surface area (Å²) in [5, 5.41) is 10.6. The maximum atomic E-state index is 13.8. The second-order valence-corrected chi connectivity index (χ2v) is 9.62. The summed E-state index contributed by atoms with van der Waals surface area (Å²) in [5.74, 6) is -0.995. The van der Waals surface area contributed by atoms with Crippen LogP contribution in [0.4, 0.5) is 18.9 Å². The zero-order valence-electron chi connectivity index (χ0n) is 22.6. The van der Waals surface area contributed by atoms with Gasteiger partial charge < -0.3 is 10.1 Å². The number of aryl methyl sites for hydroxylation is 1. The van der Waals surface area contributed by atoms with Gasteiger partial charge in [-0.05, 0) is 54.6 Å². The summed E-state index contributed by atoms with van der Waals surface area (Å²) >= 11 is 0. The molecule has 0 saturated heterocycles. The Morgan fingerprint density at radius 3 is 2.44 bits per heavy atom. The Kier molecular flexibility index (Phi) is 6.56. The van der Waals surface area contributed by atoms with Crippen LogP contribution >= 0.6 is 0 Å². The molecule has 0 saturated carbocycles. The number of halogens is 3. The van der Waals surface area contributed by atoms with E-state index in [1.807, 2.05) is 0 Å². The van der Waals surface area contributed by atoms with Crippen molar-refractivity contribution < 1.29 is 27.5 Å². The molecule has 13 heteroatoms. The molecule has 6 aromatic rings. The van der Waals surface area contributed by atoms with Gasteiger partial charge in [0.1, 0.15) is 0 Å². The number of hydrogen-bond donors (Lipinski definition) is 2. The molecular formula is C30H21F3N6O4. The van der Waals surface area contributed by atoms with Crippen LogP contribution in [0.25, 0.3) is 38.9 Å². The molecule has 0 unspecified atom stereocenters. The molecule has 0 spiro atoms. The normalized spacial score (nSPS) is 11.7. The number of nitrogens with one attached hydrogen (secondary N) is 2. The lowest BCUT2D eigenvalue weighted by molar-refractivity contribution is -0.137. The predicted octanol–water partition coefficient (Wildman–Crippen LogP) is 5.33. The number of aromatic nitrogens is 5. The van der Waals surface area contributed by atoms with E-state index in [9.17, 15) is 27.6 Å². The van der Waals surface area contributed by atoms with E-state index in [2.05, 4.69) is 20.5 Å². The van der Waals surface area contributed by atoms with E-state index in [4.69, 9.17) is 4.74 Å². The van der Waals surface area contributed by atoms with Gasteiger partial charge in [-0.25, -0.2) is 14.5 Å². The van der Waals surface area contributed by atoms with Gasteiger partial charge in [0.15, 0.2) is 5.65 Å². The third-order valence-electron chi connectivity index (χ3n) is 6.91. The number of hydrogen-bond acceptors (Lipinski definition) is 6. The molecule has 0 aliphatic heterocycles. The fraction of sp³-hybridized carbons (Fsp3) is 0.100. The lowest BCUT2D eigenvalue weighted by Gasteiger charge is -2.09. The SMILES string of the molecule is COC(=O)c1cccc(NC(=O)c2ccc(-n3[nH]c4c(c(-c5cccc(C(F)(F)F)c5)nc5c4cnn5C)c3=O)cc2)c1. The van der Waals surface area contributed by atoms with Crippen LogP contribution in [-0.2, 0) is 18.0 Å². The van der Waals surface area contributed by atoms with Crippen molar-refractivity contribution in [1.82, 2.24) is 24.5 Å². The molecule has 43 heavy (non-hydrogen) atoms. The summed E-state index contributed by atoms with van der Waals surface area (Å²) in [7, 11) is 2.90. The fourth-order valence-corrected chi connectivity index (χ4v) is 4.79. The fourth-order valence-electron chi connectivity index (χ4n) is 4.79. The summed E-state index contributed by atoms with van der Waals surface area (Å²) in [4.78, 5) is 43.0. The number of amides is 1. The van der Waals surface area contributed by atoms with Crippen molar-refractivity contribution in [3.05, 3.63) is 106 Å². The highest BCUT2D eigenvalue weighted by molar-refractivity contribution is 6.08. The van der Waals surface area contributed by atoms with E-state index >= 15 is 0 Å². The Labute approximate surface area is 240 Å². The summed E-state index contributed by atoms with van der Waals surface area (Å²) in [6, 6.07) is 17.0. The molecule has 3 heterocycles. The predicted molar refractivity (Wildman–Crippen MR) is 152 cm³/mol. The van der Waals surface area contributed by atoms with Gasteiger partial charge >= 0.3 is 12.1 Å². The first-order valence-electron chi connectivity index (χ1n) is 12.8. The highest BCUT2D eigenvalue weighted by Crippen LogP contribution is 2.35. The minimum Gasteiger partial charge on any atom is -0.465 e. The number of H-pyrrole nitrogens is 1. The molecule has 1 amide bonds. The van der Waals surface area contributed by atoms with Crippen LogP contribution in [0, 0.1) is 0 Å². The number of rotatable bonds is 5. The number of benzene rings is 3. The lowest BCUT2D eigenvalue weighted by atomic mass is 10.0. The van der Waals surface area contributed by atoms with Gasteiger partial charge in [0.05, 0.1) is 52.1 Å². The van der Waals surface area contributed by atoms with E-state index in [1.165, 1.54) is 53.0 Å². The van der Waals surface area contributed by atoms with E-state index in [1.54, 1.807) is 37.4 Å². The van der Waals surface area contributed by atoms with E-state index in [-0.39, 0.29) is 27.8 Å². The maximum absolute atomic E-state index is 13.8. The van der Waals surface area contributed by atoms with Crippen molar-refractivity contribution in [2.75, 3.05) is 12.4 Å². The number of esters is 1. The van der Waals surface area contributed by atoms with Gasteiger partial charge in [0.25, 0.3) is 11.5 Å². The summed E-state index contributed by atoms with van der Waals surface area (Å²) in [6.45, 7) is 0. The number of carbonyl (C=O) groups excluding carboxylic acids is 2. The number of carbonyl (C=O) groups is 2. The monoisotopic (exact) mass is 586 g/mol. The Bertz CT molecular complexity index is 2110. The first-order chi connectivity index (χ1) is 20.5. The number of methoxy groups -OCH3 is 1. The molecule has 0 aliphatic rings. The van der Waals surface area contributed by atoms with Crippen molar-refractivity contribution in [3.63, 3.8) is 0 Å². The Morgan fingerprint density at radius 1 is 0.977 bits per heavy atom. The van der Waals surface area contributed by atoms with Crippen LogP contribution in [0.15, 0.2) is 83.8 Å². The van der Waals surface area contributed by atoms with E-state index < -0.39 is 29.2 Å². The molecule has 0 aliphatic carbocycles. The van der Waals surface area contributed by atoms with Crippen molar-refractivity contribution in [3.8, 4) is 16.9 Å². The standard InChI is InChI=1S/C30H21F3N6O4/c1-38-26-22(15-34-38)25-23(24(36-26)17-5-3-7-19(13-17)30(31,32)33)28(41)39(37-25)21-11-9-16(10-12-21)27(40)35-20-8-4-6-18(14-20)29(42)43-2/h3-15,37H,1-2H3,(H,35,40). The molecule has 10 nitrogen and oxygen atoms in total. The molecular weight excluding hydrogens is 565 g/mol. The highest BCUT2D eigenvalue weighted by Gasteiger charge is 2.31. The lowest BCUT2D eigenvalue weighted by Crippen LogP contribution is -2.16. The minimum absolute atomic E-state index is 0.0717. The minimum atomic E-state index is -4.58. The molecule has 3 aromatic carbocycles. The molecule has 3 aromatic heterocycles. The average molecular weight is 587 g/mol. The smallest absolute Gasteiger partial charge is 0.416 e. The maximum Gasteiger partial charge on any atom is 0.416 e. The molecule has 2 N–H and O–H groups in total. The largest absolute Gasteiger partial charge is 0.465 e. The van der Waals surface area contributed by atoms with Gasteiger partial charge in [-0.2, -0.15) is 18.3 Å². The quantitative estimate of drug-likeness (QED) is 0.264. The Balaban J connectivity index is 1.40. The van der Waals surface area contributed by atoms with Crippen LogP contribution in [0.5, 0.6) is 0 Å². The topological polar surface area (TPSA) is 124 Å². The van der Waals surface area contributed by atoms with Gasteiger partial charge in [0.2, 0.25) is 0 Å². The van der Waals surface area contributed by atoms with Gasteiger partial charge in [-0.3, -0.25) is 19.4 Å². The third-order valence-corrected chi connectivity index (χ3v) is 6.91. The zero-order chi connectivity index (χ0) is 30.5. The first-order valence-corrected chi connectivity index (χ1v) is 12.8. The van der Waals surface area contributed by atoms with Crippen molar-refractivity contribution in [1.29, 1.82) is 0 Å². The molecule has 0 radical (unpaired) electrons. The zero-order valence-corrected chi connectivity index (χ0v) is 22.6. The summed E-state index contributed by atoms with van der Waals surface area (Å²) < 4.78 is 47.9. The number of alkyl halides is 3. The number of aromatic amines is 1. The van der Waals surface area contributed by atoms with Crippen molar-refractivity contribution in [2.24, 2.45) is 7.05 Å². The van der Waals surface area contributed by atoms with Crippen molar-refractivity contribution >= 4 is 39.5 Å². The van der Waals surface area contributed by atoms with Gasteiger partial charge in [-0.1, -0.05) is 18.2 Å². The second kappa shape index (κ2) is 10.3. The molecule has 0 fully saturated rings.